The van der Waals surface area contributed by atoms with E-state index < -0.39 is 0 Å². The molecule has 0 bridgehead atoms. The van der Waals surface area contributed by atoms with Crippen molar-refractivity contribution >= 4 is 33.1 Å². The smallest absolute Gasteiger partial charge is 0.0406 e. The molecule has 2 atom stereocenters. The third-order valence-corrected chi connectivity index (χ3v) is 7.39. The highest BCUT2D eigenvalue weighted by Gasteiger charge is 2.19. The topological polar surface area (TPSA) is 12.0 Å². The monoisotopic (exact) mass is 477 g/mol. The number of hydrogen-bond donors (Lipinski definition) is 1. The predicted octanol–water partition coefficient (Wildman–Crippen LogP) is 8.93. The van der Waals surface area contributed by atoms with Crippen LogP contribution in [0.1, 0.15) is 42.4 Å². The van der Waals surface area contributed by atoms with Crippen molar-refractivity contribution in [3.63, 3.8) is 0 Å². The fraction of sp³-hybridized carbons (Fsp3) is 0.212. The molecule has 0 aromatic heterocycles. The van der Waals surface area contributed by atoms with Crippen LogP contribution < -0.4 is 5.32 Å². The Balaban J connectivity index is 1.26. The first-order chi connectivity index (χ1) is 17.2. The van der Waals surface area contributed by atoms with Gasteiger partial charge in [-0.1, -0.05) is 103 Å². The molecule has 0 amide bonds. The summed E-state index contributed by atoms with van der Waals surface area (Å²) in [5.74, 6) is 0.424. The molecule has 0 saturated carbocycles. The highest BCUT2D eigenvalue weighted by Crippen LogP contribution is 2.28. The first kappa shape index (κ1) is 23.6. The first-order valence-corrected chi connectivity index (χ1v) is 13.0. The van der Waals surface area contributed by atoms with Gasteiger partial charge in [0.1, 0.15) is 0 Å². The summed E-state index contributed by atoms with van der Waals surface area (Å²) < 4.78 is 0. The van der Waals surface area contributed by atoms with Gasteiger partial charge in [-0.15, -0.1) is 0 Å². The molecular formula is C33H32ClN. The molecule has 2 unspecified atom stereocenters. The van der Waals surface area contributed by atoms with Crippen molar-refractivity contribution in [2.24, 2.45) is 0 Å². The van der Waals surface area contributed by atoms with Crippen molar-refractivity contribution in [1.29, 1.82) is 0 Å². The van der Waals surface area contributed by atoms with Crippen LogP contribution in [0.15, 0.2) is 109 Å². The minimum absolute atomic E-state index is 0.347. The van der Waals surface area contributed by atoms with Gasteiger partial charge < -0.3 is 5.32 Å². The Kier molecular flexibility index (Phi) is 7.47. The molecule has 176 valence electrons. The van der Waals surface area contributed by atoms with Crippen molar-refractivity contribution in [3.05, 3.63) is 131 Å². The molecule has 5 rings (SSSR count). The van der Waals surface area contributed by atoms with Gasteiger partial charge in [0, 0.05) is 17.6 Å². The molecule has 2 heteroatoms. The molecule has 5 aromatic rings. The average Bonchev–Trinajstić information content (AvgIpc) is 2.90. The van der Waals surface area contributed by atoms with Crippen molar-refractivity contribution in [3.8, 4) is 0 Å². The lowest BCUT2D eigenvalue weighted by atomic mass is 9.87. The molecule has 0 radical (unpaired) electrons. The maximum atomic E-state index is 6.20. The Morgan fingerprint density at radius 2 is 1.23 bits per heavy atom. The Morgan fingerprint density at radius 1 is 0.657 bits per heavy atom. The van der Waals surface area contributed by atoms with E-state index in [9.17, 15) is 0 Å². The van der Waals surface area contributed by atoms with Crippen molar-refractivity contribution in [2.45, 2.75) is 44.7 Å². The third kappa shape index (κ3) is 5.93. The Morgan fingerprint density at radius 3 is 1.89 bits per heavy atom. The summed E-state index contributed by atoms with van der Waals surface area (Å²) in [6.45, 7) is 3.18. The van der Waals surface area contributed by atoms with Crippen LogP contribution in [0.3, 0.4) is 0 Å². The van der Waals surface area contributed by atoms with Crippen molar-refractivity contribution in [2.75, 3.05) is 0 Å². The van der Waals surface area contributed by atoms with Gasteiger partial charge in [0.05, 0.1) is 0 Å². The highest BCUT2D eigenvalue weighted by atomic mass is 35.5. The summed E-state index contributed by atoms with van der Waals surface area (Å²) in [5.41, 5.74) is 4.09. The van der Waals surface area contributed by atoms with E-state index in [1.54, 1.807) is 0 Å². The van der Waals surface area contributed by atoms with Gasteiger partial charge in [-0.3, -0.25) is 0 Å². The first-order valence-electron chi connectivity index (χ1n) is 12.6. The van der Waals surface area contributed by atoms with Crippen LogP contribution in [0.2, 0.25) is 5.02 Å². The molecule has 0 saturated heterocycles. The Hall–Kier alpha value is -3.13. The normalized spacial score (nSPS) is 13.2. The number of rotatable bonds is 9. The third-order valence-electron chi connectivity index (χ3n) is 7.14. The standard InChI is InChI=1S/C33H32ClN/c1-24(35-23-26-14-16-28-9-3-5-11-31(28)22-26)33(29-17-19-32(34)20-18-29)12-6-7-25-13-15-27-8-2-4-10-30(27)21-25/h2-5,8-11,13-22,24,33,35H,6-7,12,23H2,1H3. The van der Waals surface area contributed by atoms with E-state index >= 15 is 0 Å². The fourth-order valence-corrected chi connectivity index (χ4v) is 5.23. The lowest BCUT2D eigenvalue weighted by Crippen LogP contribution is -2.32. The predicted molar refractivity (Wildman–Crippen MR) is 151 cm³/mol. The van der Waals surface area contributed by atoms with E-state index in [2.05, 4.69) is 109 Å². The lowest BCUT2D eigenvalue weighted by molar-refractivity contribution is 0.429. The molecule has 0 aliphatic carbocycles. The molecule has 5 aromatic carbocycles. The largest absolute Gasteiger partial charge is 0.310 e. The number of nitrogens with one attached hydrogen (secondary N) is 1. The van der Waals surface area contributed by atoms with E-state index in [4.69, 9.17) is 11.6 Å². The molecule has 0 aliphatic heterocycles. The zero-order chi connectivity index (χ0) is 24.0. The average molecular weight is 478 g/mol. The number of benzene rings is 5. The number of halogens is 1. The molecule has 1 nitrogen and oxygen atoms in total. The maximum Gasteiger partial charge on any atom is 0.0406 e. The van der Waals surface area contributed by atoms with Gasteiger partial charge in [0.2, 0.25) is 0 Å². The SMILES string of the molecule is CC(NCc1ccc2ccccc2c1)C(CCCc1ccc2ccccc2c1)c1ccc(Cl)cc1. The Labute approximate surface area is 213 Å². The summed E-state index contributed by atoms with van der Waals surface area (Å²) in [6.07, 6.45) is 3.36. The lowest BCUT2D eigenvalue weighted by Gasteiger charge is -2.26. The second-order valence-corrected chi connectivity index (χ2v) is 10.0. The van der Waals surface area contributed by atoms with Crippen LogP contribution in [0.4, 0.5) is 0 Å². The van der Waals surface area contributed by atoms with Crippen LogP contribution in [0, 0.1) is 0 Å². The summed E-state index contributed by atoms with van der Waals surface area (Å²) in [7, 11) is 0. The maximum absolute atomic E-state index is 6.20. The molecule has 0 heterocycles. The van der Waals surface area contributed by atoms with E-state index in [1.807, 2.05) is 12.1 Å². The molecule has 35 heavy (non-hydrogen) atoms. The van der Waals surface area contributed by atoms with Gasteiger partial charge in [0.25, 0.3) is 0 Å². The minimum atomic E-state index is 0.347. The van der Waals surface area contributed by atoms with E-state index in [0.29, 0.717) is 12.0 Å². The molecule has 1 N–H and O–H groups in total. The van der Waals surface area contributed by atoms with Crippen LogP contribution in [0.25, 0.3) is 21.5 Å². The zero-order valence-corrected chi connectivity index (χ0v) is 21.0. The van der Waals surface area contributed by atoms with Gasteiger partial charge in [0.15, 0.2) is 0 Å². The molecule has 0 fully saturated rings. The van der Waals surface area contributed by atoms with E-state index in [0.717, 1.165) is 30.8 Å². The molecular weight excluding hydrogens is 446 g/mol. The summed E-state index contributed by atoms with van der Waals surface area (Å²) >= 11 is 6.20. The number of hydrogen-bond acceptors (Lipinski definition) is 1. The minimum Gasteiger partial charge on any atom is -0.310 e. The van der Waals surface area contributed by atoms with Crippen molar-refractivity contribution in [1.82, 2.24) is 5.32 Å². The highest BCUT2D eigenvalue weighted by molar-refractivity contribution is 6.30. The molecule has 0 aliphatic rings. The number of fused-ring (bicyclic) bond motifs is 2. The summed E-state index contributed by atoms with van der Waals surface area (Å²) in [5, 5.41) is 9.82. The van der Waals surface area contributed by atoms with E-state index in [-0.39, 0.29) is 0 Å². The van der Waals surface area contributed by atoms with Gasteiger partial charge in [-0.2, -0.15) is 0 Å². The van der Waals surface area contributed by atoms with Crippen LogP contribution in [0.5, 0.6) is 0 Å². The fourth-order valence-electron chi connectivity index (χ4n) is 5.11. The molecule has 0 spiro atoms. The van der Waals surface area contributed by atoms with Crippen LogP contribution >= 0.6 is 11.6 Å². The second-order valence-electron chi connectivity index (χ2n) is 9.58. The second kappa shape index (κ2) is 11.1. The zero-order valence-electron chi connectivity index (χ0n) is 20.3. The summed E-state index contributed by atoms with van der Waals surface area (Å²) in [4.78, 5) is 0. The van der Waals surface area contributed by atoms with Gasteiger partial charge in [-0.05, 0) is 88.5 Å². The van der Waals surface area contributed by atoms with Crippen LogP contribution in [-0.2, 0) is 13.0 Å². The van der Waals surface area contributed by atoms with Gasteiger partial charge >= 0.3 is 0 Å². The van der Waals surface area contributed by atoms with Crippen molar-refractivity contribution < 1.29 is 0 Å². The van der Waals surface area contributed by atoms with Gasteiger partial charge in [-0.25, -0.2) is 0 Å². The summed E-state index contributed by atoms with van der Waals surface area (Å²) in [6, 6.07) is 39.5. The van der Waals surface area contributed by atoms with E-state index in [1.165, 1.54) is 38.2 Å². The Bertz CT molecular complexity index is 1410. The van der Waals surface area contributed by atoms with Crippen LogP contribution in [-0.4, -0.2) is 6.04 Å². The number of aryl methyl sites for hydroxylation is 1. The quantitative estimate of drug-likeness (QED) is 0.223.